The summed E-state index contributed by atoms with van der Waals surface area (Å²) in [6.45, 7) is 3.96. The topological polar surface area (TPSA) is 63.2 Å². The minimum Gasteiger partial charge on any atom is -0.489 e. The fraction of sp³-hybridized carbons (Fsp3) is 0.143. The number of nitrogens with one attached hydrogen (secondary N) is 2. The molecule has 6 heteroatoms. The molecule has 1 aromatic heterocycles. The first-order chi connectivity index (χ1) is 13.0. The molecule has 0 saturated heterocycles. The summed E-state index contributed by atoms with van der Waals surface area (Å²) in [5.41, 5.74) is 2.12. The van der Waals surface area contributed by atoms with Gasteiger partial charge < -0.3 is 15.4 Å². The fourth-order valence-corrected chi connectivity index (χ4v) is 2.63. The minimum absolute atomic E-state index is 0.0788. The Kier molecular flexibility index (Phi) is 5.94. The van der Waals surface area contributed by atoms with Gasteiger partial charge in [-0.25, -0.2) is 4.98 Å². The first-order valence-corrected chi connectivity index (χ1v) is 8.95. The normalized spacial score (nSPS) is 10.5. The number of benzene rings is 2. The van der Waals surface area contributed by atoms with Crippen molar-refractivity contribution >= 4 is 34.7 Å². The van der Waals surface area contributed by atoms with E-state index in [1.165, 1.54) is 0 Å². The van der Waals surface area contributed by atoms with Gasteiger partial charge >= 0.3 is 0 Å². The van der Waals surface area contributed by atoms with Gasteiger partial charge in [-0.05, 0) is 56.3 Å². The van der Waals surface area contributed by atoms with E-state index in [0.29, 0.717) is 16.4 Å². The summed E-state index contributed by atoms with van der Waals surface area (Å²) in [5, 5.41) is 6.54. The molecule has 0 radical (unpaired) electrons. The maximum atomic E-state index is 12.2. The maximum absolute atomic E-state index is 12.2. The van der Waals surface area contributed by atoms with Crippen LogP contribution in [0.5, 0.6) is 5.75 Å². The summed E-state index contributed by atoms with van der Waals surface area (Å²) in [7, 11) is 0. The molecule has 0 bridgehead atoms. The van der Waals surface area contributed by atoms with Gasteiger partial charge in [-0.15, -0.1) is 0 Å². The Morgan fingerprint density at radius 3 is 2.59 bits per heavy atom. The SMILES string of the molecule is CC(C)Oc1ccccc1Nc1ccc(NC(=O)c2cccc(Cl)c2)nc1. The van der Waals surface area contributed by atoms with Crippen LogP contribution >= 0.6 is 11.6 Å². The van der Waals surface area contributed by atoms with Crippen LogP contribution in [-0.4, -0.2) is 17.0 Å². The van der Waals surface area contributed by atoms with Gasteiger partial charge in [0.25, 0.3) is 5.91 Å². The highest BCUT2D eigenvalue weighted by Crippen LogP contribution is 2.28. The predicted molar refractivity (Wildman–Crippen MR) is 109 cm³/mol. The van der Waals surface area contributed by atoms with E-state index < -0.39 is 0 Å². The largest absolute Gasteiger partial charge is 0.489 e. The highest BCUT2D eigenvalue weighted by molar-refractivity contribution is 6.31. The molecule has 2 aromatic carbocycles. The molecule has 27 heavy (non-hydrogen) atoms. The first kappa shape index (κ1) is 18.7. The van der Waals surface area contributed by atoms with Crippen LogP contribution in [0, 0.1) is 0 Å². The molecule has 0 atom stereocenters. The van der Waals surface area contributed by atoms with E-state index in [9.17, 15) is 4.79 Å². The number of pyridine rings is 1. The van der Waals surface area contributed by atoms with Crippen LogP contribution in [0.4, 0.5) is 17.2 Å². The van der Waals surface area contributed by atoms with Crippen molar-refractivity contribution in [2.24, 2.45) is 0 Å². The number of amides is 1. The number of hydrogen-bond donors (Lipinski definition) is 2. The predicted octanol–water partition coefficient (Wildman–Crippen LogP) is 5.52. The molecule has 2 N–H and O–H groups in total. The van der Waals surface area contributed by atoms with Crippen LogP contribution in [0.1, 0.15) is 24.2 Å². The standard InChI is InChI=1S/C21H20ClN3O2/c1-14(2)27-19-9-4-3-8-18(19)24-17-10-11-20(23-13-17)25-21(26)15-6-5-7-16(22)12-15/h3-14,24H,1-2H3,(H,23,25,26). The second kappa shape index (κ2) is 8.56. The van der Waals surface area contributed by atoms with Gasteiger partial charge in [0.1, 0.15) is 11.6 Å². The number of carbonyl (C=O) groups is 1. The van der Waals surface area contributed by atoms with Crippen LogP contribution in [0.3, 0.4) is 0 Å². The number of hydrogen-bond acceptors (Lipinski definition) is 4. The number of carbonyl (C=O) groups excluding carboxylic acids is 1. The molecule has 5 nitrogen and oxygen atoms in total. The Morgan fingerprint density at radius 1 is 1.07 bits per heavy atom. The van der Waals surface area contributed by atoms with E-state index in [2.05, 4.69) is 15.6 Å². The summed E-state index contributed by atoms with van der Waals surface area (Å²) < 4.78 is 5.80. The molecule has 0 aliphatic carbocycles. The van der Waals surface area contributed by atoms with Crippen molar-refractivity contribution in [2.45, 2.75) is 20.0 Å². The van der Waals surface area contributed by atoms with Gasteiger partial charge in [0.05, 0.1) is 23.7 Å². The number of aromatic nitrogens is 1. The lowest BCUT2D eigenvalue weighted by molar-refractivity contribution is 0.102. The van der Waals surface area contributed by atoms with E-state index >= 15 is 0 Å². The molecular formula is C21H20ClN3O2. The lowest BCUT2D eigenvalue weighted by Crippen LogP contribution is -2.12. The first-order valence-electron chi connectivity index (χ1n) is 8.57. The lowest BCUT2D eigenvalue weighted by atomic mass is 10.2. The Labute approximate surface area is 163 Å². The van der Waals surface area contributed by atoms with Crippen LogP contribution in [-0.2, 0) is 0 Å². The summed E-state index contributed by atoms with van der Waals surface area (Å²) in [4.78, 5) is 16.5. The monoisotopic (exact) mass is 381 g/mol. The van der Waals surface area contributed by atoms with E-state index in [4.69, 9.17) is 16.3 Å². The van der Waals surface area contributed by atoms with Gasteiger partial charge in [-0.3, -0.25) is 4.79 Å². The zero-order valence-electron chi connectivity index (χ0n) is 15.1. The van der Waals surface area contributed by atoms with Crippen molar-refractivity contribution in [1.29, 1.82) is 0 Å². The molecule has 3 rings (SSSR count). The van der Waals surface area contributed by atoms with Gasteiger partial charge in [0.15, 0.2) is 0 Å². The van der Waals surface area contributed by atoms with Crippen molar-refractivity contribution in [3.63, 3.8) is 0 Å². The Morgan fingerprint density at radius 2 is 1.89 bits per heavy atom. The number of para-hydroxylation sites is 2. The highest BCUT2D eigenvalue weighted by Gasteiger charge is 2.08. The van der Waals surface area contributed by atoms with E-state index in [1.807, 2.05) is 44.2 Å². The van der Waals surface area contributed by atoms with Crippen molar-refractivity contribution in [1.82, 2.24) is 4.98 Å². The average Bonchev–Trinajstić information content (AvgIpc) is 2.64. The van der Waals surface area contributed by atoms with Crippen LogP contribution in [0.2, 0.25) is 5.02 Å². The Hall–Kier alpha value is -3.05. The van der Waals surface area contributed by atoms with Gasteiger partial charge in [-0.2, -0.15) is 0 Å². The Bertz CT molecular complexity index is 927. The molecule has 0 aliphatic rings. The second-order valence-corrected chi connectivity index (χ2v) is 6.62. The van der Waals surface area contributed by atoms with E-state index in [0.717, 1.165) is 17.1 Å². The number of anilines is 3. The van der Waals surface area contributed by atoms with Crippen molar-refractivity contribution in [3.05, 3.63) is 77.4 Å². The van der Waals surface area contributed by atoms with E-state index in [1.54, 1.807) is 36.5 Å². The van der Waals surface area contributed by atoms with E-state index in [-0.39, 0.29) is 12.0 Å². The summed E-state index contributed by atoms with van der Waals surface area (Å²) in [6.07, 6.45) is 1.73. The number of rotatable bonds is 6. The molecule has 0 saturated carbocycles. The number of ether oxygens (including phenoxy) is 1. The molecule has 138 valence electrons. The molecule has 0 fully saturated rings. The minimum atomic E-state index is -0.263. The maximum Gasteiger partial charge on any atom is 0.256 e. The molecule has 3 aromatic rings. The van der Waals surface area contributed by atoms with Gasteiger partial charge in [-0.1, -0.05) is 29.8 Å². The summed E-state index contributed by atoms with van der Waals surface area (Å²) in [5.74, 6) is 0.962. The molecule has 0 spiro atoms. The Balaban J connectivity index is 1.68. The third kappa shape index (κ3) is 5.21. The van der Waals surface area contributed by atoms with Crippen LogP contribution in [0.25, 0.3) is 0 Å². The zero-order chi connectivity index (χ0) is 19.2. The lowest BCUT2D eigenvalue weighted by Gasteiger charge is -2.15. The van der Waals surface area contributed by atoms with Crippen molar-refractivity contribution < 1.29 is 9.53 Å². The van der Waals surface area contributed by atoms with Crippen LogP contribution < -0.4 is 15.4 Å². The van der Waals surface area contributed by atoms with Crippen molar-refractivity contribution in [2.75, 3.05) is 10.6 Å². The highest BCUT2D eigenvalue weighted by atomic mass is 35.5. The fourth-order valence-electron chi connectivity index (χ4n) is 2.44. The smallest absolute Gasteiger partial charge is 0.256 e. The summed E-state index contributed by atoms with van der Waals surface area (Å²) >= 11 is 5.92. The summed E-state index contributed by atoms with van der Waals surface area (Å²) in [6, 6.07) is 18.0. The molecule has 1 amide bonds. The molecular weight excluding hydrogens is 362 g/mol. The van der Waals surface area contributed by atoms with Crippen LogP contribution in [0.15, 0.2) is 66.9 Å². The molecule has 1 heterocycles. The zero-order valence-corrected chi connectivity index (χ0v) is 15.8. The quantitative estimate of drug-likeness (QED) is 0.590. The second-order valence-electron chi connectivity index (χ2n) is 6.18. The third-order valence-electron chi connectivity index (χ3n) is 3.62. The third-order valence-corrected chi connectivity index (χ3v) is 3.86. The number of halogens is 1. The van der Waals surface area contributed by atoms with Gasteiger partial charge in [0.2, 0.25) is 0 Å². The molecule has 0 aliphatic heterocycles. The van der Waals surface area contributed by atoms with Crippen molar-refractivity contribution in [3.8, 4) is 5.75 Å². The number of nitrogens with zero attached hydrogens (tertiary/aromatic N) is 1. The van der Waals surface area contributed by atoms with Gasteiger partial charge in [0, 0.05) is 10.6 Å². The molecule has 0 unspecified atom stereocenters. The average molecular weight is 382 g/mol.